The fourth-order valence-corrected chi connectivity index (χ4v) is 4.46. The molecule has 4 heteroatoms. The predicted molar refractivity (Wildman–Crippen MR) is 78.6 cm³/mol. The highest BCUT2D eigenvalue weighted by Crippen LogP contribution is 2.51. The molecule has 0 amide bonds. The van der Waals surface area contributed by atoms with Gasteiger partial charge >= 0.3 is 0 Å². The SMILES string of the molecule is Cc1nc(CCNC2C3CCCOC3C2(C)C)cs1. The average molecular weight is 280 g/mol. The van der Waals surface area contributed by atoms with Crippen LogP contribution in [0.25, 0.3) is 0 Å². The van der Waals surface area contributed by atoms with Crippen LogP contribution in [-0.2, 0) is 11.2 Å². The number of aryl methyl sites for hydroxylation is 1. The summed E-state index contributed by atoms with van der Waals surface area (Å²) in [5.74, 6) is 0.723. The van der Waals surface area contributed by atoms with Crippen LogP contribution >= 0.6 is 11.3 Å². The molecule has 0 bridgehead atoms. The largest absolute Gasteiger partial charge is 0.377 e. The van der Waals surface area contributed by atoms with Gasteiger partial charge in [-0.05, 0) is 19.8 Å². The van der Waals surface area contributed by atoms with Crippen LogP contribution in [0, 0.1) is 18.3 Å². The Labute approximate surface area is 119 Å². The summed E-state index contributed by atoms with van der Waals surface area (Å²) >= 11 is 1.74. The first-order valence-corrected chi connectivity index (χ1v) is 8.23. The second kappa shape index (κ2) is 5.15. The average Bonchev–Trinajstić information content (AvgIpc) is 2.80. The van der Waals surface area contributed by atoms with Crippen molar-refractivity contribution < 1.29 is 4.74 Å². The zero-order valence-corrected chi connectivity index (χ0v) is 12.9. The molecule has 1 aliphatic heterocycles. The number of hydrogen-bond donors (Lipinski definition) is 1. The molecule has 2 heterocycles. The van der Waals surface area contributed by atoms with E-state index < -0.39 is 0 Å². The van der Waals surface area contributed by atoms with Gasteiger partial charge in [0.25, 0.3) is 0 Å². The molecule has 1 saturated carbocycles. The van der Waals surface area contributed by atoms with Crippen molar-refractivity contribution in [2.24, 2.45) is 11.3 Å². The lowest BCUT2D eigenvalue weighted by atomic mass is 9.55. The van der Waals surface area contributed by atoms with Crippen molar-refractivity contribution in [1.82, 2.24) is 10.3 Å². The van der Waals surface area contributed by atoms with Crippen molar-refractivity contribution >= 4 is 11.3 Å². The molecule has 2 fully saturated rings. The number of rotatable bonds is 4. The number of hydrogen-bond acceptors (Lipinski definition) is 4. The monoisotopic (exact) mass is 280 g/mol. The molecule has 19 heavy (non-hydrogen) atoms. The lowest BCUT2D eigenvalue weighted by molar-refractivity contribution is -0.192. The van der Waals surface area contributed by atoms with Crippen molar-refractivity contribution in [3.05, 3.63) is 16.1 Å². The maximum Gasteiger partial charge on any atom is 0.0897 e. The number of thiazole rings is 1. The van der Waals surface area contributed by atoms with E-state index in [1.165, 1.54) is 23.5 Å². The van der Waals surface area contributed by atoms with E-state index >= 15 is 0 Å². The molecule has 1 saturated heterocycles. The minimum atomic E-state index is 0.281. The summed E-state index contributed by atoms with van der Waals surface area (Å²) < 4.78 is 5.94. The molecule has 1 aromatic rings. The molecular formula is C15H24N2OS. The van der Waals surface area contributed by atoms with Gasteiger partial charge in [-0.3, -0.25) is 0 Å². The summed E-state index contributed by atoms with van der Waals surface area (Å²) in [4.78, 5) is 4.52. The molecule has 3 nitrogen and oxygen atoms in total. The van der Waals surface area contributed by atoms with Crippen LogP contribution in [0.3, 0.4) is 0 Å². The highest BCUT2D eigenvalue weighted by Gasteiger charge is 2.57. The van der Waals surface area contributed by atoms with E-state index in [-0.39, 0.29) is 5.41 Å². The quantitative estimate of drug-likeness (QED) is 0.921. The van der Waals surface area contributed by atoms with Crippen LogP contribution in [0.1, 0.15) is 37.4 Å². The van der Waals surface area contributed by atoms with Crippen LogP contribution in [0.5, 0.6) is 0 Å². The highest BCUT2D eigenvalue weighted by molar-refractivity contribution is 7.09. The standard InChI is InChI=1S/C15H24N2OS/c1-10-17-11(9-19-10)6-7-16-13-12-5-4-8-18-14(12)15(13,2)3/h9,12-14,16H,4-8H2,1-3H3. The van der Waals surface area contributed by atoms with Gasteiger partial charge in [0.1, 0.15) is 0 Å². The Bertz CT molecular complexity index is 443. The molecular weight excluding hydrogens is 256 g/mol. The molecule has 1 aliphatic carbocycles. The van der Waals surface area contributed by atoms with Crippen molar-refractivity contribution in [3.63, 3.8) is 0 Å². The summed E-state index contributed by atoms with van der Waals surface area (Å²) in [6, 6.07) is 0.609. The molecule has 106 valence electrons. The molecule has 3 rings (SSSR count). The first-order chi connectivity index (χ1) is 9.09. The predicted octanol–water partition coefficient (Wildman–Crippen LogP) is 2.79. The Kier molecular flexibility index (Phi) is 3.67. The van der Waals surface area contributed by atoms with E-state index in [9.17, 15) is 0 Å². The van der Waals surface area contributed by atoms with Crippen molar-refractivity contribution in [1.29, 1.82) is 0 Å². The lowest BCUT2D eigenvalue weighted by Crippen LogP contribution is -2.69. The second-order valence-corrected chi connectivity index (χ2v) is 7.52. The van der Waals surface area contributed by atoms with Gasteiger partial charge in [0, 0.05) is 42.3 Å². The summed E-state index contributed by atoms with van der Waals surface area (Å²) in [6.07, 6.45) is 4.05. The van der Waals surface area contributed by atoms with E-state index in [0.29, 0.717) is 12.1 Å². The minimum absolute atomic E-state index is 0.281. The maximum absolute atomic E-state index is 5.94. The van der Waals surface area contributed by atoms with Crippen LogP contribution in [-0.4, -0.2) is 30.3 Å². The zero-order valence-electron chi connectivity index (χ0n) is 12.1. The van der Waals surface area contributed by atoms with Gasteiger partial charge in [-0.1, -0.05) is 13.8 Å². The van der Waals surface area contributed by atoms with Crippen molar-refractivity contribution in [2.45, 2.75) is 52.2 Å². The van der Waals surface area contributed by atoms with Crippen LogP contribution < -0.4 is 5.32 Å². The fourth-order valence-electron chi connectivity index (χ4n) is 3.82. The summed E-state index contributed by atoms with van der Waals surface area (Å²) in [6.45, 7) is 8.73. The lowest BCUT2D eigenvalue weighted by Gasteiger charge is -2.60. The van der Waals surface area contributed by atoms with Crippen LogP contribution in [0.4, 0.5) is 0 Å². The third-order valence-electron chi connectivity index (χ3n) is 4.74. The Balaban J connectivity index is 1.52. The smallest absolute Gasteiger partial charge is 0.0897 e. The Morgan fingerprint density at radius 1 is 1.53 bits per heavy atom. The first kappa shape index (κ1) is 13.5. The Morgan fingerprint density at radius 3 is 3.11 bits per heavy atom. The molecule has 2 aliphatic rings. The summed E-state index contributed by atoms with van der Waals surface area (Å²) in [5, 5.41) is 7.09. The topological polar surface area (TPSA) is 34.2 Å². The van der Waals surface area contributed by atoms with Gasteiger partial charge in [-0.15, -0.1) is 11.3 Å². The third kappa shape index (κ3) is 2.46. The van der Waals surface area contributed by atoms with Crippen LogP contribution in [0.15, 0.2) is 5.38 Å². The summed E-state index contributed by atoms with van der Waals surface area (Å²) in [5.41, 5.74) is 1.51. The molecule has 3 unspecified atom stereocenters. The second-order valence-electron chi connectivity index (χ2n) is 6.46. The molecule has 1 aromatic heterocycles. The first-order valence-electron chi connectivity index (χ1n) is 7.35. The number of fused-ring (bicyclic) bond motifs is 1. The van der Waals surface area contributed by atoms with Gasteiger partial charge in [-0.2, -0.15) is 0 Å². The highest BCUT2D eigenvalue weighted by atomic mass is 32.1. The van der Waals surface area contributed by atoms with Gasteiger partial charge in [-0.25, -0.2) is 4.98 Å². The number of nitrogens with zero attached hydrogens (tertiary/aromatic N) is 1. The van der Waals surface area contributed by atoms with E-state index in [0.717, 1.165) is 25.5 Å². The molecule has 3 atom stereocenters. The van der Waals surface area contributed by atoms with Gasteiger partial charge in [0.05, 0.1) is 16.8 Å². The number of aromatic nitrogens is 1. The molecule has 0 aromatic carbocycles. The van der Waals surface area contributed by atoms with E-state index in [2.05, 4.69) is 36.5 Å². The van der Waals surface area contributed by atoms with Gasteiger partial charge < -0.3 is 10.1 Å². The van der Waals surface area contributed by atoms with E-state index in [1.807, 2.05) is 0 Å². The van der Waals surface area contributed by atoms with Crippen molar-refractivity contribution in [3.8, 4) is 0 Å². The van der Waals surface area contributed by atoms with Crippen LogP contribution in [0.2, 0.25) is 0 Å². The molecule has 1 N–H and O–H groups in total. The van der Waals surface area contributed by atoms with E-state index in [4.69, 9.17) is 4.74 Å². The normalized spacial score (nSPS) is 32.7. The number of nitrogens with one attached hydrogen (secondary N) is 1. The molecule has 0 radical (unpaired) electrons. The minimum Gasteiger partial charge on any atom is -0.377 e. The zero-order chi connectivity index (χ0) is 13.5. The Hall–Kier alpha value is -0.450. The third-order valence-corrected chi connectivity index (χ3v) is 5.57. The van der Waals surface area contributed by atoms with E-state index in [1.54, 1.807) is 11.3 Å². The Morgan fingerprint density at radius 2 is 2.37 bits per heavy atom. The maximum atomic E-state index is 5.94. The van der Waals surface area contributed by atoms with Crippen molar-refractivity contribution in [2.75, 3.05) is 13.2 Å². The van der Waals surface area contributed by atoms with Gasteiger partial charge in [0.15, 0.2) is 0 Å². The summed E-state index contributed by atoms with van der Waals surface area (Å²) in [7, 11) is 0. The fraction of sp³-hybridized carbons (Fsp3) is 0.800. The molecule has 0 spiro atoms. The van der Waals surface area contributed by atoms with Gasteiger partial charge in [0.2, 0.25) is 0 Å². The number of ether oxygens (including phenoxy) is 1.